The number of alkyl halides is 3. The highest BCUT2D eigenvalue weighted by atomic mass is 19.4. The van der Waals surface area contributed by atoms with E-state index in [2.05, 4.69) is 0 Å². The standard InChI is InChI=1S/C12H15F3N2/c13-12(14,15)7-9-8-17(6-5-16)11-4-2-1-3-10(9)11/h1-4,9H,5-8,16H2. The molecule has 1 unspecified atom stereocenters. The number of halogens is 3. The van der Waals surface area contributed by atoms with Gasteiger partial charge in [-0.3, -0.25) is 0 Å². The SMILES string of the molecule is NCCN1CC(CC(F)(F)F)c2ccccc21. The van der Waals surface area contributed by atoms with Crippen LogP contribution in [0.5, 0.6) is 0 Å². The molecule has 94 valence electrons. The number of anilines is 1. The van der Waals surface area contributed by atoms with Crippen molar-refractivity contribution in [2.75, 3.05) is 24.5 Å². The Labute approximate surface area is 98.2 Å². The van der Waals surface area contributed by atoms with Crippen LogP contribution in [0.4, 0.5) is 18.9 Å². The highest BCUT2D eigenvalue weighted by Crippen LogP contribution is 2.41. The van der Waals surface area contributed by atoms with Crippen molar-refractivity contribution < 1.29 is 13.2 Å². The van der Waals surface area contributed by atoms with Gasteiger partial charge in [-0.2, -0.15) is 13.2 Å². The van der Waals surface area contributed by atoms with E-state index in [9.17, 15) is 13.2 Å². The molecule has 0 saturated heterocycles. The van der Waals surface area contributed by atoms with Crippen LogP contribution in [0.15, 0.2) is 24.3 Å². The largest absolute Gasteiger partial charge is 0.389 e. The topological polar surface area (TPSA) is 29.3 Å². The normalized spacial score (nSPS) is 19.5. The lowest BCUT2D eigenvalue weighted by Gasteiger charge is -2.19. The van der Waals surface area contributed by atoms with Gasteiger partial charge >= 0.3 is 6.18 Å². The molecule has 0 bridgehead atoms. The Morgan fingerprint density at radius 1 is 1.29 bits per heavy atom. The summed E-state index contributed by atoms with van der Waals surface area (Å²) in [5.74, 6) is -0.460. The lowest BCUT2D eigenvalue weighted by Crippen LogP contribution is -2.29. The Morgan fingerprint density at radius 3 is 2.65 bits per heavy atom. The van der Waals surface area contributed by atoms with E-state index < -0.39 is 18.5 Å². The fraction of sp³-hybridized carbons (Fsp3) is 0.500. The van der Waals surface area contributed by atoms with Gasteiger partial charge < -0.3 is 10.6 Å². The summed E-state index contributed by atoms with van der Waals surface area (Å²) in [7, 11) is 0. The summed E-state index contributed by atoms with van der Waals surface area (Å²) in [5.41, 5.74) is 7.16. The predicted octanol–water partition coefficient (Wildman–Crippen LogP) is 2.50. The number of para-hydroxylation sites is 1. The summed E-state index contributed by atoms with van der Waals surface area (Å²) in [6, 6.07) is 7.27. The minimum absolute atomic E-state index is 0.413. The fourth-order valence-electron chi connectivity index (χ4n) is 2.40. The van der Waals surface area contributed by atoms with Crippen molar-refractivity contribution in [3.8, 4) is 0 Å². The molecule has 0 aliphatic carbocycles. The molecule has 1 aromatic rings. The Kier molecular flexibility index (Phi) is 3.28. The van der Waals surface area contributed by atoms with Crippen LogP contribution in [-0.4, -0.2) is 25.8 Å². The highest BCUT2D eigenvalue weighted by Gasteiger charge is 2.37. The summed E-state index contributed by atoms with van der Waals surface area (Å²) >= 11 is 0. The van der Waals surface area contributed by atoms with E-state index in [4.69, 9.17) is 5.73 Å². The third-order valence-corrected chi connectivity index (χ3v) is 3.03. The van der Waals surface area contributed by atoms with Gasteiger partial charge in [0.1, 0.15) is 0 Å². The fourth-order valence-corrected chi connectivity index (χ4v) is 2.40. The van der Waals surface area contributed by atoms with E-state index in [-0.39, 0.29) is 0 Å². The van der Waals surface area contributed by atoms with Gasteiger partial charge in [0, 0.05) is 31.2 Å². The molecule has 0 amide bonds. The molecule has 0 radical (unpaired) electrons. The lowest BCUT2D eigenvalue weighted by molar-refractivity contribution is -0.137. The molecule has 5 heteroatoms. The van der Waals surface area contributed by atoms with Crippen LogP contribution >= 0.6 is 0 Å². The Bertz CT molecular complexity index is 390. The monoisotopic (exact) mass is 244 g/mol. The number of rotatable bonds is 3. The molecule has 0 saturated carbocycles. The summed E-state index contributed by atoms with van der Waals surface area (Å²) in [5, 5.41) is 0. The molecule has 2 rings (SSSR count). The summed E-state index contributed by atoms with van der Waals surface area (Å²) < 4.78 is 37.4. The Hall–Kier alpha value is -1.23. The number of hydrogen-bond acceptors (Lipinski definition) is 2. The molecule has 1 aliphatic rings. The summed E-state index contributed by atoms with van der Waals surface area (Å²) in [6.07, 6.45) is -4.87. The molecule has 0 aromatic heterocycles. The van der Waals surface area contributed by atoms with E-state index >= 15 is 0 Å². The number of nitrogens with two attached hydrogens (primary N) is 1. The zero-order chi connectivity index (χ0) is 12.5. The highest BCUT2D eigenvalue weighted by molar-refractivity contribution is 5.60. The second kappa shape index (κ2) is 4.56. The molecule has 17 heavy (non-hydrogen) atoms. The van der Waals surface area contributed by atoms with E-state index in [0.29, 0.717) is 19.6 Å². The van der Waals surface area contributed by atoms with E-state index in [1.807, 2.05) is 17.0 Å². The zero-order valence-corrected chi connectivity index (χ0v) is 9.37. The van der Waals surface area contributed by atoms with Crippen LogP contribution in [0.25, 0.3) is 0 Å². The third-order valence-electron chi connectivity index (χ3n) is 3.03. The first-order chi connectivity index (χ1) is 8.01. The maximum atomic E-state index is 12.5. The van der Waals surface area contributed by atoms with Gasteiger partial charge in [0.15, 0.2) is 0 Å². The quantitative estimate of drug-likeness (QED) is 0.885. The van der Waals surface area contributed by atoms with E-state index in [1.54, 1.807) is 12.1 Å². The van der Waals surface area contributed by atoms with Crippen LogP contribution in [0.1, 0.15) is 17.9 Å². The number of hydrogen-bond donors (Lipinski definition) is 1. The smallest absolute Gasteiger partial charge is 0.369 e. The molecular formula is C12H15F3N2. The Morgan fingerprint density at radius 2 is 2.00 bits per heavy atom. The molecule has 0 spiro atoms. The van der Waals surface area contributed by atoms with E-state index in [0.717, 1.165) is 11.3 Å². The van der Waals surface area contributed by atoms with Gasteiger partial charge in [-0.25, -0.2) is 0 Å². The number of nitrogens with zero attached hydrogens (tertiary/aromatic N) is 1. The van der Waals surface area contributed by atoms with Gasteiger partial charge in [-0.05, 0) is 11.6 Å². The first kappa shape index (κ1) is 12.2. The third kappa shape index (κ3) is 2.72. The van der Waals surface area contributed by atoms with Gasteiger partial charge in [0.25, 0.3) is 0 Å². The predicted molar refractivity (Wildman–Crippen MR) is 61.1 cm³/mol. The van der Waals surface area contributed by atoms with Crippen molar-refractivity contribution >= 4 is 5.69 Å². The first-order valence-electron chi connectivity index (χ1n) is 5.62. The maximum absolute atomic E-state index is 12.5. The molecule has 1 heterocycles. The van der Waals surface area contributed by atoms with Gasteiger partial charge in [-0.1, -0.05) is 18.2 Å². The van der Waals surface area contributed by atoms with Crippen molar-refractivity contribution in [1.29, 1.82) is 0 Å². The average Bonchev–Trinajstić information content (AvgIpc) is 2.56. The van der Waals surface area contributed by atoms with Crippen LogP contribution in [0.2, 0.25) is 0 Å². The average molecular weight is 244 g/mol. The molecule has 2 N–H and O–H groups in total. The van der Waals surface area contributed by atoms with Crippen LogP contribution in [0, 0.1) is 0 Å². The maximum Gasteiger partial charge on any atom is 0.389 e. The van der Waals surface area contributed by atoms with Crippen molar-refractivity contribution in [2.45, 2.75) is 18.5 Å². The van der Waals surface area contributed by atoms with Gasteiger partial charge in [-0.15, -0.1) is 0 Å². The summed E-state index contributed by atoms with van der Waals surface area (Å²) in [4.78, 5) is 1.94. The second-order valence-corrected chi connectivity index (χ2v) is 4.31. The van der Waals surface area contributed by atoms with Crippen LogP contribution in [0.3, 0.4) is 0 Å². The molecular weight excluding hydrogens is 229 g/mol. The van der Waals surface area contributed by atoms with Gasteiger partial charge in [0.2, 0.25) is 0 Å². The Balaban J connectivity index is 2.22. The zero-order valence-electron chi connectivity index (χ0n) is 9.37. The van der Waals surface area contributed by atoms with Crippen LogP contribution in [-0.2, 0) is 0 Å². The molecule has 1 aliphatic heterocycles. The lowest BCUT2D eigenvalue weighted by atomic mass is 9.98. The van der Waals surface area contributed by atoms with E-state index in [1.165, 1.54) is 0 Å². The minimum Gasteiger partial charge on any atom is -0.369 e. The molecule has 0 fully saturated rings. The number of fused-ring (bicyclic) bond motifs is 1. The van der Waals surface area contributed by atoms with Crippen molar-refractivity contribution in [3.05, 3.63) is 29.8 Å². The number of benzene rings is 1. The van der Waals surface area contributed by atoms with Crippen molar-refractivity contribution in [1.82, 2.24) is 0 Å². The first-order valence-corrected chi connectivity index (χ1v) is 5.62. The minimum atomic E-state index is -4.11. The molecule has 2 nitrogen and oxygen atoms in total. The second-order valence-electron chi connectivity index (χ2n) is 4.31. The van der Waals surface area contributed by atoms with Crippen molar-refractivity contribution in [3.63, 3.8) is 0 Å². The van der Waals surface area contributed by atoms with Gasteiger partial charge in [0.05, 0.1) is 6.42 Å². The molecule has 1 atom stereocenters. The summed E-state index contributed by atoms with van der Waals surface area (Å²) in [6.45, 7) is 1.47. The van der Waals surface area contributed by atoms with Crippen LogP contribution < -0.4 is 10.6 Å². The van der Waals surface area contributed by atoms with Crippen molar-refractivity contribution in [2.24, 2.45) is 5.73 Å². The molecule has 1 aromatic carbocycles.